The fraction of sp³-hybridized carbons (Fsp3) is 0.500. The van der Waals surface area contributed by atoms with Gasteiger partial charge in [0.25, 0.3) is 0 Å². The topological polar surface area (TPSA) is 65.0 Å². The van der Waals surface area contributed by atoms with Crippen LogP contribution in [0.5, 0.6) is 17.2 Å². The van der Waals surface area contributed by atoms with E-state index in [1.165, 1.54) is 13.2 Å². The molecule has 0 aliphatic heterocycles. The number of carboxylic acid groups (broad SMARTS) is 1. The van der Waals surface area contributed by atoms with Crippen LogP contribution in [-0.2, 0) is 0 Å². The molecule has 1 rings (SSSR count). The van der Waals surface area contributed by atoms with Crippen LogP contribution in [0.3, 0.4) is 0 Å². The third-order valence-electron chi connectivity index (χ3n) is 2.23. The largest absolute Gasteiger partial charge is 0.492 e. The minimum absolute atomic E-state index is 0.0464. The van der Waals surface area contributed by atoms with Gasteiger partial charge in [0.1, 0.15) is 5.56 Å². The standard InChI is InChI=1S/C14H20O5/c1-8(2)18-11-7-6-10(14(15)16)12(17-5)13(11)19-9(3)4/h6-9H,1-5H3,(H,15,16). The summed E-state index contributed by atoms with van der Waals surface area (Å²) >= 11 is 0. The Hall–Kier alpha value is -1.91. The Balaban J connectivity index is 3.36. The third kappa shape index (κ3) is 3.77. The molecule has 0 aromatic heterocycles. The molecule has 1 aromatic carbocycles. The van der Waals surface area contributed by atoms with Crippen LogP contribution in [0.1, 0.15) is 38.1 Å². The second-order valence-electron chi connectivity index (χ2n) is 4.61. The van der Waals surface area contributed by atoms with E-state index in [4.69, 9.17) is 19.3 Å². The van der Waals surface area contributed by atoms with Crippen molar-refractivity contribution in [1.29, 1.82) is 0 Å². The molecule has 0 fully saturated rings. The molecule has 5 heteroatoms. The average molecular weight is 268 g/mol. The first kappa shape index (κ1) is 15.1. The van der Waals surface area contributed by atoms with Crippen LogP contribution in [0.15, 0.2) is 12.1 Å². The van der Waals surface area contributed by atoms with Crippen molar-refractivity contribution in [2.24, 2.45) is 0 Å². The van der Waals surface area contributed by atoms with E-state index in [2.05, 4.69) is 0 Å². The van der Waals surface area contributed by atoms with Gasteiger partial charge in [-0.05, 0) is 39.8 Å². The number of methoxy groups -OCH3 is 1. The molecule has 0 heterocycles. The van der Waals surface area contributed by atoms with E-state index in [1.807, 2.05) is 27.7 Å². The van der Waals surface area contributed by atoms with Crippen LogP contribution in [0.25, 0.3) is 0 Å². The number of carbonyl (C=O) groups is 1. The summed E-state index contributed by atoms with van der Waals surface area (Å²) < 4.78 is 16.4. The van der Waals surface area contributed by atoms with E-state index in [9.17, 15) is 4.79 Å². The zero-order valence-corrected chi connectivity index (χ0v) is 11.9. The minimum Gasteiger partial charge on any atom is -0.492 e. The lowest BCUT2D eigenvalue weighted by Gasteiger charge is -2.20. The number of benzene rings is 1. The Kier molecular flexibility index (Phi) is 5.03. The Labute approximate surface area is 113 Å². The summed E-state index contributed by atoms with van der Waals surface area (Å²) in [5, 5.41) is 9.15. The molecule has 0 atom stereocenters. The van der Waals surface area contributed by atoms with Crippen LogP contribution in [0.2, 0.25) is 0 Å². The maximum atomic E-state index is 11.2. The van der Waals surface area contributed by atoms with E-state index in [-0.39, 0.29) is 23.5 Å². The van der Waals surface area contributed by atoms with Gasteiger partial charge < -0.3 is 19.3 Å². The molecule has 5 nitrogen and oxygen atoms in total. The lowest BCUT2D eigenvalue weighted by Crippen LogP contribution is -2.13. The Morgan fingerprint density at radius 3 is 2.05 bits per heavy atom. The summed E-state index contributed by atoms with van der Waals surface area (Å²) in [4.78, 5) is 11.2. The molecule has 0 saturated carbocycles. The van der Waals surface area contributed by atoms with Gasteiger partial charge in [-0.1, -0.05) is 0 Å². The van der Waals surface area contributed by atoms with E-state index >= 15 is 0 Å². The summed E-state index contributed by atoms with van der Waals surface area (Å²) in [6.45, 7) is 7.48. The van der Waals surface area contributed by atoms with Gasteiger partial charge >= 0.3 is 5.97 Å². The Morgan fingerprint density at radius 2 is 1.63 bits per heavy atom. The Morgan fingerprint density at radius 1 is 1.05 bits per heavy atom. The first-order chi connectivity index (χ1) is 8.86. The van der Waals surface area contributed by atoms with Crippen molar-refractivity contribution >= 4 is 5.97 Å². The number of rotatable bonds is 6. The summed E-state index contributed by atoms with van der Waals surface area (Å²) in [6, 6.07) is 3.04. The molecule has 0 spiro atoms. The van der Waals surface area contributed by atoms with Crippen LogP contribution in [0.4, 0.5) is 0 Å². The van der Waals surface area contributed by atoms with Crippen molar-refractivity contribution in [2.75, 3.05) is 7.11 Å². The van der Waals surface area contributed by atoms with E-state index in [0.717, 1.165) is 0 Å². The predicted molar refractivity (Wildman–Crippen MR) is 71.5 cm³/mol. The molecule has 0 amide bonds. The fourth-order valence-electron chi connectivity index (χ4n) is 1.61. The highest BCUT2D eigenvalue weighted by atomic mass is 16.5. The molecule has 0 bridgehead atoms. The second-order valence-corrected chi connectivity index (χ2v) is 4.61. The lowest BCUT2D eigenvalue weighted by molar-refractivity contribution is 0.0691. The molecule has 0 saturated heterocycles. The van der Waals surface area contributed by atoms with Crippen molar-refractivity contribution < 1.29 is 24.1 Å². The molecule has 19 heavy (non-hydrogen) atoms. The number of hydrogen-bond acceptors (Lipinski definition) is 4. The van der Waals surface area contributed by atoms with Crippen molar-refractivity contribution in [3.05, 3.63) is 17.7 Å². The van der Waals surface area contributed by atoms with Gasteiger partial charge in [-0.25, -0.2) is 4.79 Å². The first-order valence-corrected chi connectivity index (χ1v) is 6.14. The highest BCUT2D eigenvalue weighted by Gasteiger charge is 2.22. The number of carboxylic acids is 1. The molecular weight excluding hydrogens is 248 g/mol. The minimum atomic E-state index is -1.07. The van der Waals surface area contributed by atoms with E-state index in [1.54, 1.807) is 6.07 Å². The number of aromatic carboxylic acids is 1. The van der Waals surface area contributed by atoms with Gasteiger partial charge in [0.05, 0.1) is 19.3 Å². The van der Waals surface area contributed by atoms with Crippen LogP contribution < -0.4 is 14.2 Å². The first-order valence-electron chi connectivity index (χ1n) is 6.14. The zero-order chi connectivity index (χ0) is 14.6. The number of ether oxygens (including phenoxy) is 3. The molecule has 0 radical (unpaired) electrons. The predicted octanol–water partition coefficient (Wildman–Crippen LogP) is 2.97. The SMILES string of the molecule is COc1c(C(=O)O)ccc(OC(C)C)c1OC(C)C. The maximum Gasteiger partial charge on any atom is 0.339 e. The van der Waals surface area contributed by atoms with Gasteiger partial charge in [-0.3, -0.25) is 0 Å². The molecule has 0 aliphatic rings. The summed E-state index contributed by atoms with van der Waals surface area (Å²) in [5.74, 6) is -0.0856. The molecule has 1 aromatic rings. The normalized spacial score (nSPS) is 10.7. The van der Waals surface area contributed by atoms with Gasteiger partial charge in [0.15, 0.2) is 11.5 Å². The zero-order valence-electron chi connectivity index (χ0n) is 11.9. The van der Waals surface area contributed by atoms with Gasteiger partial charge in [-0.15, -0.1) is 0 Å². The number of hydrogen-bond donors (Lipinski definition) is 1. The quantitative estimate of drug-likeness (QED) is 0.859. The lowest BCUT2D eigenvalue weighted by atomic mass is 10.1. The summed E-state index contributed by atoms with van der Waals surface area (Å²) in [6.07, 6.45) is -0.164. The molecule has 0 aliphatic carbocycles. The van der Waals surface area contributed by atoms with Gasteiger partial charge in [-0.2, -0.15) is 0 Å². The van der Waals surface area contributed by atoms with Crippen molar-refractivity contribution in [3.8, 4) is 17.2 Å². The van der Waals surface area contributed by atoms with Gasteiger partial charge in [0, 0.05) is 0 Å². The average Bonchev–Trinajstić information content (AvgIpc) is 2.29. The summed E-state index contributed by atoms with van der Waals surface area (Å²) in [5.41, 5.74) is 0.0502. The third-order valence-corrected chi connectivity index (χ3v) is 2.23. The molecule has 0 unspecified atom stereocenters. The van der Waals surface area contributed by atoms with Crippen molar-refractivity contribution in [2.45, 2.75) is 39.9 Å². The van der Waals surface area contributed by atoms with Crippen LogP contribution >= 0.6 is 0 Å². The van der Waals surface area contributed by atoms with Crippen LogP contribution in [-0.4, -0.2) is 30.4 Å². The van der Waals surface area contributed by atoms with Crippen molar-refractivity contribution in [1.82, 2.24) is 0 Å². The maximum absolute atomic E-state index is 11.2. The van der Waals surface area contributed by atoms with Crippen LogP contribution in [0, 0.1) is 0 Å². The fourth-order valence-corrected chi connectivity index (χ4v) is 1.61. The Bertz CT molecular complexity index is 451. The molecule has 1 N–H and O–H groups in total. The smallest absolute Gasteiger partial charge is 0.339 e. The van der Waals surface area contributed by atoms with Gasteiger partial charge in [0.2, 0.25) is 5.75 Å². The molecular formula is C14H20O5. The highest BCUT2D eigenvalue weighted by Crippen LogP contribution is 2.41. The molecule has 106 valence electrons. The monoisotopic (exact) mass is 268 g/mol. The van der Waals surface area contributed by atoms with E-state index < -0.39 is 5.97 Å². The second kappa shape index (κ2) is 6.31. The van der Waals surface area contributed by atoms with Crippen molar-refractivity contribution in [3.63, 3.8) is 0 Å². The van der Waals surface area contributed by atoms with E-state index in [0.29, 0.717) is 11.5 Å². The summed E-state index contributed by atoms with van der Waals surface area (Å²) in [7, 11) is 1.41. The highest BCUT2D eigenvalue weighted by molar-refractivity contribution is 5.92.